The van der Waals surface area contributed by atoms with Crippen molar-refractivity contribution in [2.45, 2.75) is 0 Å². The lowest BCUT2D eigenvalue weighted by atomic mass is 10.2. The zero-order chi connectivity index (χ0) is 14.4. The van der Waals surface area contributed by atoms with Crippen LogP contribution in [0.5, 0.6) is 0 Å². The fraction of sp³-hybridized carbons (Fsp3) is 0. The van der Waals surface area contributed by atoms with Gasteiger partial charge in [-0.15, -0.1) is 0 Å². The topological polar surface area (TPSA) is 92.2 Å². The van der Waals surface area contributed by atoms with E-state index in [0.717, 1.165) is 5.56 Å². The van der Waals surface area contributed by atoms with Gasteiger partial charge >= 0.3 is 5.97 Å². The Kier molecular flexibility index (Phi) is 4.18. The minimum absolute atomic E-state index is 0.126. The second kappa shape index (κ2) is 6.24. The average molecular weight is 269 g/mol. The normalized spacial score (nSPS) is 10.4. The molecule has 6 nitrogen and oxygen atoms in total. The van der Waals surface area contributed by atoms with Crippen LogP contribution >= 0.6 is 0 Å². The molecule has 100 valence electrons. The van der Waals surface area contributed by atoms with Crippen molar-refractivity contribution >= 4 is 23.6 Å². The summed E-state index contributed by atoms with van der Waals surface area (Å²) in [5.74, 6) is -1.51. The first kappa shape index (κ1) is 13.4. The summed E-state index contributed by atoms with van der Waals surface area (Å²) in [5, 5.41) is 11.4. The highest BCUT2D eigenvalue weighted by Gasteiger charge is 2.05. The van der Waals surface area contributed by atoms with Gasteiger partial charge in [0.1, 0.15) is 5.69 Å². The maximum absolute atomic E-state index is 11.7. The van der Waals surface area contributed by atoms with E-state index in [-0.39, 0.29) is 11.6 Å². The average Bonchev–Trinajstić information content (AvgIpc) is 2.46. The van der Waals surface area contributed by atoms with Crippen LogP contribution in [0, 0.1) is 0 Å². The number of hydrogen-bond donors (Lipinski definition) is 2. The Morgan fingerprint density at radius 3 is 2.80 bits per heavy atom. The van der Waals surface area contributed by atoms with Crippen LogP contribution in [-0.2, 0) is 4.79 Å². The summed E-state index contributed by atoms with van der Waals surface area (Å²) in [6, 6.07) is 6.38. The monoisotopic (exact) mass is 269 g/mol. The molecule has 2 rings (SSSR count). The number of rotatable bonds is 4. The SMILES string of the molecule is O=C(C=Cc1cccnc1)Nc1ccnc(C(=O)O)c1. The summed E-state index contributed by atoms with van der Waals surface area (Å²) in [6.07, 6.45) is 7.55. The van der Waals surface area contributed by atoms with E-state index >= 15 is 0 Å². The number of aromatic carboxylic acids is 1. The molecule has 2 aromatic rings. The fourth-order valence-corrected chi connectivity index (χ4v) is 1.46. The third-order valence-corrected chi connectivity index (χ3v) is 2.36. The molecule has 0 aliphatic heterocycles. The van der Waals surface area contributed by atoms with Crippen molar-refractivity contribution in [2.24, 2.45) is 0 Å². The van der Waals surface area contributed by atoms with Crippen LogP contribution in [0.25, 0.3) is 6.08 Å². The summed E-state index contributed by atoms with van der Waals surface area (Å²) in [4.78, 5) is 30.0. The van der Waals surface area contributed by atoms with E-state index in [9.17, 15) is 9.59 Å². The Labute approximate surface area is 114 Å². The smallest absolute Gasteiger partial charge is 0.354 e. The van der Waals surface area contributed by atoms with Crippen molar-refractivity contribution in [3.8, 4) is 0 Å². The molecule has 2 heterocycles. The van der Waals surface area contributed by atoms with Gasteiger partial charge in [0.2, 0.25) is 5.91 Å². The van der Waals surface area contributed by atoms with Gasteiger partial charge in [0.25, 0.3) is 0 Å². The predicted molar refractivity (Wildman–Crippen MR) is 73.1 cm³/mol. The Morgan fingerprint density at radius 2 is 2.10 bits per heavy atom. The molecule has 0 aromatic carbocycles. The first-order valence-electron chi connectivity index (χ1n) is 5.73. The van der Waals surface area contributed by atoms with E-state index in [1.807, 2.05) is 6.07 Å². The van der Waals surface area contributed by atoms with Crippen LogP contribution in [-0.4, -0.2) is 27.0 Å². The van der Waals surface area contributed by atoms with E-state index in [1.54, 1.807) is 24.5 Å². The molecule has 0 unspecified atom stereocenters. The number of carbonyl (C=O) groups excluding carboxylic acids is 1. The second-order valence-corrected chi connectivity index (χ2v) is 3.84. The highest BCUT2D eigenvalue weighted by atomic mass is 16.4. The van der Waals surface area contributed by atoms with E-state index in [0.29, 0.717) is 5.69 Å². The van der Waals surface area contributed by atoms with Crippen LogP contribution < -0.4 is 5.32 Å². The highest BCUT2D eigenvalue weighted by Crippen LogP contribution is 2.08. The number of nitrogens with zero attached hydrogens (tertiary/aromatic N) is 2. The van der Waals surface area contributed by atoms with Gasteiger partial charge in [-0.3, -0.25) is 9.78 Å². The number of anilines is 1. The van der Waals surface area contributed by atoms with Crippen molar-refractivity contribution < 1.29 is 14.7 Å². The third kappa shape index (κ3) is 3.74. The number of amides is 1. The second-order valence-electron chi connectivity index (χ2n) is 3.84. The van der Waals surface area contributed by atoms with Gasteiger partial charge in [0.05, 0.1) is 0 Å². The first-order valence-corrected chi connectivity index (χ1v) is 5.73. The molecule has 0 saturated carbocycles. The Balaban J connectivity index is 2.03. The van der Waals surface area contributed by atoms with Gasteiger partial charge in [-0.2, -0.15) is 0 Å². The lowest BCUT2D eigenvalue weighted by Gasteiger charge is -2.02. The Morgan fingerprint density at radius 1 is 1.25 bits per heavy atom. The molecule has 0 aliphatic carbocycles. The quantitative estimate of drug-likeness (QED) is 0.826. The molecular weight excluding hydrogens is 258 g/mol. The van der Waals surface area contributed by atoms with Crippen LogP contribution in [0.1, 0.15) is 16.1 Å². The molecule has 20 heavy (non-hydrogen) atoms. The molecule has 0 atom stereocenters. The maximum Gasteiger partial charge on any atom is 0.354 e. The van der Waals surface area contributed by atoms with Crippen LogP contribution in [0.15, 0.2) is 48.9 Å². The molecule has 0 spiro atoms. The Bertz CT molecular complexity index is 654. The molecule has 0 fully saturated rings. The summed E-state index contributed by atoms with van der Waals surface area (Å²) < 4.78 is 0. The number of hydrogen-bond acceptors (Lipinski definition) is 4. The molecule has 6 heteroatoms. The summed E-state index contributed by atoms with van der Waals surface area (Å²) in [5.41, 5.74) is 1.04. The number of carboxylic acid groups (broad SMARTS) is 1. The summed E-state index contributed by atoms with van der Waals surface area (Å²) in [6.45, 7) is 0. The summed E-state index contributed by atoms with van der Waals surface area (Å²) >= 11 is 0. The van der Waals surface area contributed by atoms with E-state index in [4.69, 9.17) is 5.11 Å². The lowest BCUT2D eigenvalue weighted by Crippen LogP contribution is -2.09. The molecule has 1 amide bonds. The molecule has 0 bridgehead atoms. The molecule has 0 saturated heterocycles. The zero-order valence-corrected chi connectivity index (χ0v) is 10.4. The molecule has 0 radical (unpaired) electrons. The first-order chi connectivity index (χ1) is 9.65. The number of nitrogens with one attached hydrogen (secondary N) is 1. The zero-order valence-electron chi connectivity index (χ0n) is 10.4. The minimum atomic E-state index is -1.15. The lowest BCUT2D eigenvalue weighted by molar-refractivity contribution is -0.111. The third-order valence-electron chi connectivity index (χ3n) is 2.36. The number of carbonyl (C=O) groups is 2. The maximum atomic E-state index is 11.7. The molecular formula is C14H11N3O3. The largest absolute Gasteiger partial charge is 0.477 e. The van der Waals surface area contributed by atoms with Gasteiger partial charge < -0.3 is 10.4 Å². The van der Waals surface area contributed by atoms with Crippen LogP contribution in [0.2, 0.25) is 0 Å². The van der Waals surface area contributed by atoms with E-state index in [2.05, 4.69) is 15.3 Å². The van der Waals surface area contributed by atoms with E-state index < -0.39 is 5.97 Å². The van der Waals surface area contributed by atoms with Gasteiger partial charge in [-0.05, 0) is 29.8 Å². The van der Waals surface area contributed by atoms with Crippen molar-refractivity contribution in [1.82, 2.24) is 9.97 Å². The minimum Gasteiger partial charge on any atom is -0.477 e. The standard InChI is InChI=1S/C14H11N3O3/c18-13(4-3-10-2-1-6-15-9-10)17-11-5-7-16-12(8-11)14(19)20/h1-9H,(H,19,20)(H,16,17,18). The van der Waals surface area contributed by atoms with E-state index in [1.165, 1.54) is 24.4 Å². The van der Waals surface area contributed by atoms with Gasteiger partial charge in [0, 0.05) is 30.4 Å². The van der Waals surface area contributed by atoms with Crippen molar-refractivity contribution in [2.75, 3.05) is 5.32 Å². The Hall–Kier alpha value is -3.02. The van der Waals surface area contributed by atoms with Gasteiger partial charge in [-0.1, -0.05) is 6.07 Å². The number of aromatic nitrogens is 2. The van der Waals surface area contributed by atoms with Crippen molar-refractivity contribution in [3.05, 3.63) is 60.2 Å². The van der Waals surface area contributed by atoms with Crippen molar-refractivity contribution in [3.63, 3.8) is 0 Å². The molecule has 0 aliphatic rings. The fourth-order valence-electron chi connectivity index (χ4n) is 1.46. The molecule has 2 N–H and O–H groups in total. The predicted octanol–water partition coefficient (Wildman–Crippen LogP) is 1.83. The number of carboxylic acids is 1. The van der Waals surface area contributed by atoms with Gasteiger partial charge in [-0.25, -0.2) is 9.78 Å². The molecule has 2 aromatic heterocycles. The van der Waals surface area contributed by atoms with Gasteiger partial charge in [0.15, 0.2) is 0 Å². The van der Waals surface area contributed by atoms with Crippen LogP contribution in [0.3, 0.4) is 0 Å². The van der Waals surface area contributed by atoms with Crippen LogP contribution in [0.4, 0.5) is 5.69 Å². The van der Waals surface area contributed by atoms with Crippen molar-refractivity contribution in [1.29, 1.82) is 0 Å². The summed E-state index contributed by atoms with van der Waals surface area (Å²) in [7, 11) is 0. The number of pyridine rings is 2. The highest BCUT2D eigenvalue weighted by molar-refractivity contribution is 6.02.